The molecule has 0 amide bonds. The van der Waals surface area contributed by atoms with E-state index in [0.29, 0.717) is 30.8 Å². The minimum Gasteiger partial charge on any atom is -0.489 e. The van der Waals surface area contributed by atoms with Gasteiger partial charge in [0.25, 0.3) is 0 Å². The Morgan fingerprint density at radius 2 is 1.13 bits per heavy atom. The molecule has 3 rings (SSSR count). The van der Waals surface area contributed by atoms with Crippen LogP contribution in [0.15, 0.2) is 78.9 Å². The van der Waals surface area contributed by atoms with E-state index in [-0.39, 0.29) is 5.92 Å². The maximum atomic E-state index is 6.56. The fourth-order valence-electron chi connectivity index (χ4n) is 5.84. The van der Waals surface area contributed by atoms with Crippen LogP contribution < -0.4 is 4.74 Å². The highest BCUT2D eigenvalue weighted by Crippen LogP contribution is 2.36. The van der Waals surface area contributed by atoms with Gasteiger partial charge >= 0.3 is 0 Å². The van der Waals surface area contributed by atoms with Crippen LogP contribution in [-0.4, -0.2) is 47.1 Å². The number of rotatable bonds is 15. The van der Waals surface area contributed by atoms with E-state index < -0.39 is 0 Å². The molecule has 0 bridgehead atoms. The lowest BCUT2D eigenvalue weighted by Crippen LogP contribution is -2.38. The molecule has 0 aliphatic carbocycles. The summed E-state index contributed by atoms with van der Waals surface area (Å²) in [6, 6.07) is 30.6. The first-order valence-corrected chi connectivity index (χ1v) is 15.0. The zero-order chi connectivity index (χ0) is 28.4. The van der Waals surface area contributed by atoms with Gasteiger partial charge in [0.2, 0.25) is 0 Å². The van der Waals surface area contributed by atoms with E-state index in [9.17, 15) is 0 Å². The Balaban J connectivity index is 1.98. The second kappa shape index (κ2) is 15.2. The van der Waals surface area contributed by atoms with E-state index >= 15 is 0 Å². The molecule has 0 N–H and O–H groups in total. The Kier molecular flexibility index (Phi) is 12.1. The van der Waals surface area contributed by atoms with Crippen LogP contribution in [0.2, 0.25) is 0 Å². The summed E-state index contributed by atoms with van der Waals surface area (Å²) in [5.74, 6) is 1.27. The molecule has 212 valence electrons. The fraction of sp³-hybridized carbons (Fsp3) is 0.500. The average molecular weight is 529 g/mol. The summed E-state index contributed by atoms with van der Waals surface area (Å²) in [4.78, 5) is 5.19. The third-order valence-electron chi connectivity index (χ3n) is 7.88. The third kappa shape index (κ3) is 9.22. The molecular weight excluding hydrogens is 476 g/mol. The number of nitrogens with zero attached hydrogens (tertiary/aromatic N) is 2. The number of hydrogen-bond acceptors (Lipinski definition) is 3. The van der Waals surface area contributed by atoms with Gasteiger partial charge in [-0.25, -0.2) is 0 Å². The Morgan fingerprint density at radius 1 is 0.590 bits per heavy atom. The lowest BCUT2D eigenvalue weighted by molar-refractivity contribution is 0.170. The van der Waals surface area contributed by atoms with Crippen molar-refractivity contribution in [2.75, 3.05) is 13.1 Å². The molecule has 3 heteroatoms. The molecule has 39 heavy (non-hydrogen) atoms. The minimum atomic E-state index is 0.267. The molecule has 1 atom stereocenters. The summed E-state index contributed by atoms with van der Waals surface area (Å²) in [7, 11) is 0. The van der Waals surface area contributed by atoms with E-state index in [1.165, 1.54) is 22.3 Å². The first-order valence-electron chi connectivity index (χ1n) is 15.0. The zero-order valence-corrected chi connectivity index (χ0v) is 25.7. The van der Waals surface area contributed by atoms with Crippen molar-refractivity contribution in [2.24, 2.45) is 0 Å². The van der Waals surface area contributed by atoms with Crippen LogP contribution >= 0.6 is 0 Å². The van der Waals surface area contributed by atoms with E-state index in [2.05, 4.69) is 144 Å². The van der Waals surface area contributed by atoms with Crippen molar-refractivity contribution in [3.8, 4) is 5.75 Å². The Bertz CT molecular complexity index is 1080. The highest BCUT2D eigenvalue weighted by Gasteiger charge is 2.23. The molecule has 0 aliphatic rings. The molecule has 0 fully saturated rings. The van der Waals surface area contributed by atoms with E-state index in [0.717, 1.165) is 31.7 Å². The van der Waals surface area contributed by atoms with Crippen molar-refractivity contribution < 1.29 is 4.74 Å². The summed E-state index contributed by atoms with van der Waals surface area (Å²) >= 11 is 0. The van der Waals surface area contributed by atoms with Crippen LogP contribution in [0.3, 0.4) is 0 Å². The lowest BCUT2D eigenvalue weighted by Gasteiger charge is -2.33. The highest BCUT2D eigenvalue weighted by atomic mass is 16.5. The number of hydrogen-bond donors (Lipinski definition) is 0. The molecular formula is C36H52N2O. The minimum absolute atomic E-state index is 0.267. The van der Waals surface area contributed by atoms with Crippen LogP contribution in [0.25, 0.3) is 0 Å². The first-order chi connectivity index (χ1) is 18.7. The Hall–Kier alpha value is -2.62. The van der Waals surface area contributed by atoms with Gasteiger partial charge in [0.1, 0.15) is 12.4 Å². The molecule has 0 aromatic heterocycles. The molecule has 3 aromatic rings. The predicted molar refractivity (Wildman–Crippen MR) is 168 cm³/mol. The monoisotopic (exact) mass is 528 g/mol. The van der Waals surface area contributed by atoms with Crippen molar-refractivity contribution in [2.45, 2.75) is 105 Å². The maximum absolute atomic E-state index is 6.56. The molecule has 3 aromatic carbocycles. The zero-order valence-electron chi connectivity index (χ0n) is 25.7. The second-order valence-electron chi connectivity index (χ2n) is 12.0. The molecule has 0 spiro atoms. The van der Waals surface area contributed by atoms with Crippen molar-refractivity contribution in [1.82, 2.24) is 9.80 Å². The van der Waals surface area contributed by atoms with E-state index in [1.54, 1.807) is 0 Å². The molecule has 0 radical (unpaired) electrons. The number of benzene rings is 3. The van der Waals surface area contributed by atoms with E-state index in [1.807, 2.05) is 0 Å². The molecule has 3 nitrogen and oxygen atoms in total. The molecule has 0 saturated heterocycles. The molecule has 0 saturated carbocycles. The SMILES string of the molecule is CC(C)N(CCc1ccc(OCc2ccccc2)c([C@H](CCN(C(C)C)C(C)C)c2ccccc2)c1)C(C)C. The van der Waals surface area contributed by atoms with Gasteiger partial charge in [0, 0.05) is 42.2 Å². The van der Waals surface area contributed by atoms with Gasteiger partial charge in [0.15, 0.2) is 0 Å². The van der Waals surface area contributed by atoms with Crippen molar-refractivity contribution >= 4 is 0 Å². The van der Waals surface area contributed by atoms with Crippen LogP contribution in [-0.2, 0) is 13.0 Å². The van der Waals surface area contributed by atoms with Gasteiger partial charge in [0.05, 0.1) is 0 Å². The van der Waals surface area contributed by atoms with Gasteiger partial charge in [-0.05, 0) is 97.5 Å². The summed E-state index contributed by atoms with van der Waals surface area (Å²) < 4.78 is 6.56. The van der Waals surface area contributed by atoms with Gasteiger partial charge in [-0.1, -0.05) is 72.8 Å². The lowest BCUT2D eigenvalue weighted by atomic mass is 9.86. The Morgan fingerprint density at radius 3 is 1.69 bits per heavy atom. The fourth-order valence-corrected chi connectivity index (χ4v) is 5.84. The first kappa shape index (κ1) is 30.9. The van der Waals surface area contributed by atoms with Gasteiger partial charge < -0.3 is 4.74 Å². The standard InChI is InChI=1S/C36H52N2O/c1-27(2)37(28(3)4)23-21-31-19-20-36(39-26-32-15-11-9-12-16-32)35(25-31)34(33-17-13-10-14-18-33)22-24-38(29(5)6)30(7)8/h9-20,25,27-30,34H,21-24,26H2,1-8H3/t34-/m1/s1. The maximum Gasteiger partial charge on any atom is 0.123 e. The predicted octanol–water partition coefficient (Wildman–Crippen LogP) is 8.57. The van der Waals surface area contributed by atoms with Crippen LogP contribution in [0, 0.1) is 0 Å². The molecule has 0 unspecified atom stereocenters. The summed E-state index contributed by atoms with van der Waals surface area (Å²) in [6.45, 7) is 21.1. The normalized spacial score (nSPS) is 12.9. The second-order valence-corrected chi connectivity index (χ2v) is 12.0. The van der Waals surface area contributed by atoms with Crippen LogP contribution in [0.5, 0.6) is 5.75 Å². The average Bonchev–Trinajstić information content (AvgIpc) is 2.90. The topological polar surface area (TPSA) is 15.7 Å². The van der Waals surface area contributed by atoms with Gasteiger partial charge in [-0.15, -0.1) is 0 Å². The summed E-state index contributed by atoms with van der Waals surface area (Å²) in [5, 5.41) is 0. The van der Waals surface area contributed by atoms with Crippen molar-refractivity contribution in [3.05, 3.63) is 101 Å². The molecule has 0 heterocycles. The largest absolute Gasteiger partial charge is 0.489 e. The van der Waals surface area contributed by atoms with Crippen LogP contribution in [0.4, 0.5) is 0 Å². The summed E-state index contributed by atoms with van der Waals surface area (Å²) in [6.07, 6.45) is 2.09. The van der Waals surface area contributed by atoms with Crippen LogP contribution in [0.1, 0.15) is 90.0 Å². The van der Waals surface area contributed by atoms with Gasteiger partial charge in [-0.2, -0.15) is 0 Å². The third-order valence-corrected chi connectivity index (χ3v) is 7.88. The quantitative estimate of drug-likeness (QED) is 0.196. The molecule has 0 aliphatic heterocycles. The highest BCUT2D eigenvalue weighted by molar-refractivity contribution is 5.45. The van der Waals surface area contributed by atoms with Gasteiger partial charge in [-0.3, -0.25) is 9.80 Å². The summed E-state index contributed by atoms with van der Waals surface area (Å²) in [5.41, 5.74) is 5.24. The number of ether oxygens (including phenoxy) is 1. The van der Waals surface area contributed by atoms with Crippen molar-refractivity contribution in [1.29, 1.82) is 0 Å². The van der Waals surface area contributed by atoms with Crippen molar-refractivity contribution in [3.63, 3.8) is 0 Å². The van der Waals surface area contributed by atoms with E-state index in [4.69, 9.17) is 4.74 Å². The smallest absolute Gasteiger partial charge is 0.123 e. The Labute approximate surface area is 239 Å².